The van der Waals surface area contributed by atoms with Crippen molar-refractivity contribution < 1.29 is 0 Å². The number of fused-ring (bicyclic) bond motifs is 4. The van der Waals surface area contributed by atoms with E-state index in [4.69, 9.17) is 11.6 Å². The summed E-state index contributed by atoms with van der Waals surface area (Å²) < 4.78 is 0. The standard InChI is InChI=1S/C20H15Cl/c1-12-16-5-3-4-6-17(16)13(2)20-18(12)10-8-14-7-9-15(21)11-19(14)20/h3-11H,1-2H3. The molecule has 0 aliphatic heterocycles. The molecule has 0 spiro atoms. The van der Waals surface area contributed by atoms with Crippen LogP contribution in [0.3, 0.4) is 0 Å². The van der Waals surface area contributed by atoms with Crippen molar-refractivity contribution in [2.75, 3.05) is 0 Å². The lowest BCUT2D eigenvalue weighted by molar-refractivity contribution is 1.53. The molecule has 4 rings (SSSR count). The second-order valence-corrected chi connectivity index (χ2v) is 6.09. The van der Waals surface area contributed by atoms with Crippen LogP contribution < -0.4 is 0 Å². The fraction of sp³-hybridized carbons (Fsp3) is 0.100. The molecule has 0 nitrogen and oxygen atoms in total. The minimum Gasteiger partial charge on any atom is -0.0843 e. The van der Waals surface area contributed by atoms with Crippen LogP contribution in [0.15, 0.2) is 54.6 Å². The normalized spacial score (nSPS) is 11.6. The van der Waals surface area contributed by atoms with Gasteiger partial charge in [0.05, 0.1) is 0 Å². The van der Waals surface area contributed by atoms with E-state index in [9.17, 15) is 0 Å². The molecule has 0 atom stereocenters. The molecule has 0 saturated heterocycles. The highest BCUT2D eigenvalue weighted by Gasteiger charge is 2.11. The molecule has 0 aromatic heterocycles. The van der Waals surface area contributed by atoms with E-state index in [-0.39, 0.29) is 0 Å². The van der Waals surface area contributed by atoms with Gasteiger partial charge < -0.3 is 0 Å². The smallest absolute Gasteiger partial charge is 0.0412 e. The van der Waals surface area contributed by atoms with Gasteiger partial charge in [-0.25, -0.2) is 0 Å². The molecule has 0 unspecified atom stereocenters. The number of hydrogen-bond donors (Lipinski definition) is 0. The van der Waals surface area contributed by atoms with Crippen LogP contribution >= 0.6 is 11.6 Å². The Morgan fingerprint density at radius 1 is 0.667 bits per heavy atom. The molecule has 21 heavy (non-hydrogen) atoms. The molecule has 4 aromatic rings. The lowest BCUT2D eigenvalue weighted by Gasteiger charge is -2.14. The summed E-state index contributed by atoms with van der Waals surface area (Å²) in [5.41, 5.74) is 2.67. The molecule has 4 aromatic carbocycles. The lowest BCUT2D eigenvalue weighted by atomic mass is 9.90. The molecule has 0 amide bonds. The van der Waals surface area contributed by atoms with Gasteiger partial charge in [-0.05, 0) is 69.4 Å². The number of aryl methyl sites for hydroxylation is 2. The number of rotatable bonds is 0. The number of hydrogen-bond acceptors (Lipinski definition) is 0. The van der Waals surface area contributed by atoms with Gasteiger partial charge in [0.25, 0.3) is 0 Å². The minimum atomic E-state index is 0.792. The maximum Gasteiger partial charge on any atom is 0.0412 e. The van der Waals surface area contributed by atoms with Crippen LogP contribution in [0.1, 0.15) is 11.1 Å². The molecular weight excluding hydrogens is 276 g/mol. The van der Waals surface area contributed by atoms with Crippen LogP contribution in [0.2, 0.25) is 5.02 Å². The third-order valence-electron chi connectivity index (χ3n) is 4.50. The first kappa shape index (κ1) is 12.7. The fourth-order valence-corrected chi connectivity index (χ4v) is 3.60. The van der Waals surface area contributed by atoms with Gasteiger partial charge >= 0.3 is 0 Å². The van der Waals surface area contributed by atoms with Gasteiger partial charge in [0, 0.05) is 5.02 Å². The minimum absolute atomic E-state index is 0.792. The summed E-state index contributed by atoms with van der Waals surface area (Å²) in [6, 6.07) is 19.2. The molecule has 0 N–H and O–H groups in total. The van der Waals surface area contributed by atoms with E-state index in [0.717, 1.165) is 5.02 Å². The van der Waals surface area contributed by atoms with Crippen LogP contribution in [0, 0.1) is 13.8 Å². The van der Waals surface area contributed by atoms with Crippen LogP contribution in [-0.2, 0) is 0 Å². The molecule has 0 aliphatic rings. The van der Waals surface area contributed by atoms with Crippen LogP contribution in [-0.4, -0.2) is 0 Å². The zero-order valence-electron chi connectivity index (χ0n) is 12.1. The molecule has 102 valence electrons. The second kappa shape index (κ2) is 4.47. The van der Waals surface area contributed by atoms with Crippen LogP contribution in [0.4, 0.5) is 0 Å². The van der Waals surface area contributed by atoms with E-state index < -0.39 is 0 Å². The van der Waals surface area contributed by atoms with E-state index in [1.165, 1.54) is 43.4 Å². The first-order valence-corrected chi connectivity index (χ1v) is 7.54. The van der Waals surface area contributed by atoms with Crippen molar-refractivity contribution in [3.05, 3.63) is 70.7 Å². The quantitative estimate of drug-likeness (QED) is 0.259. The molecule has 0 bridgehead atoms. The summed E-state index contributed by atoms with van der Waals surface area (Å²) in [5.74, 6) is 0. The first-order chi connectivity index (χ1) is 10.2. The Morgan fingerprint density at radius 2 is 1.33 bits per heavy atom. The Labute approximate surface area is 129 Å². The van der Waals surface area contributed by atoms with Gasteiger partial charge in [0.1, 0.15) is 0 Å². The average molecular weight is 291 g/mol. The maximum absolute atomic E-state index is 6.23. The van der Waals surface area contributed by atoms with Gasteiger partial charge in [-0.2, -0.15) is 0 Å². The first-order valence-electron chi connectivity index (χ1n) is 7.17. The topological polar surface area (TPSA) is 0 Å². The van der Waals surface area contributed by atoms with Gasteiger partial charge in [0.2, 0.25) is 0 Å². The zero-order valence-corrected chi connectivity index (χ0v) is 12.8. The van der Waals surface area contributed by atoms with Gasteiger partial charge in [-0.15, -0.1) is 0 Å². The molecule has 0 heterocycles. The highest BCUT2D eigenvalue weighted by atomic mass is 35.5. The van der Waals surface area contributed by atoms with Gasteiger partial charge in [-0.3, -0.25) is 0 Å². The number of halogens is 1. The highest BCUT2D eigenvalue weighted by Crippen LogP contribution is 2.37. The summed E-state index contributed by atoms with van der Waals surface area (Å²) >= 11 is 6.23. The molecule has 0 aliphatic carbocycles. The molecule has 0 saturated carbocycles. The van der Waals surface area contributed by atoms with Crippen molar-refractivity contribution in [2.45, 2.75) is 13.8 Å². The van der Waals surface area contributed by atoms with E-state index >= 15 is 0 Å². The Morgan fingerprint density at radius 3 is 2.10 bits per heavy atom. The molecule has 0 fully saturated rings. The summed E-state index contributed by atoms with van der Waals surface area (Å²) in [6.45, 7) is 4.42. The van der Waals surface area contributed by atoms with Crippen molar-refractivity contribution in [3.63, 3.8) is 0 Å². The number of benzene rings is 4. The Balaban J connectivity index is 2.36. The third kappa shape index (κ3) is 1.76. The highest BCUT2D eigenvalue weighted by molar-refractivity contribution is 6.32. The summed E-state index contributed by atoms with van der Waals surface area (Å²) in [4.78, 5) is 0. The van der Waals surface area contributed by atoms with Crippen LogP contribution in [0.5, 0.6) is 0 Å². The SMILES string of the molecule is Cc1c2ccccc2c(C)c2c1ccc1ccc(Cl)cc12. The van der Waals surface area contributed by atoms with E-state index in [0.29, 0.717) is 0 Å². The average Bonchev–Trinajstić information content (AvgIpc) is 2.51. The van der Waals surface area contributed by atoms with Crippen molar-refractivity contribution >= 4 is 43.9 Å². The van der Waals surface area contributed by atoms with Crippen molar-refractivity contribution in [1.29, 1.82) is 0 Å². The molecule has 0 radical (unpaired) electrons. The van der Waals surface area contributed by atoms with Crippen molar-refractivity contribution in [2.24, 2.45) is 0 Å². The van der Waals surface area contributed by atoms with Gasteiger partial charge in [-0.1, -0.05) is 54.1 Å². The molecular formula is C20H15Cl. The van der Waals surface area contributed by atoms with E-state index in [1.54, 1.807) is 0 Å². The summed E-state index contributed by atoms with van der Waals surface area (Å²) in [6.07, 6.45) is 0. The van der Waals surface area contributed by atoms with E-state index in [1.807, 2.05) is 6.07 Å². The predicted octanol–water partition coefficient (Wildman–Crippen LogP) is 6.42. The maximum atomic E-state index is 6.23. The van der Waals surface area contributed by atoms with Crippen LogP contribution in [0.25, 0.3) is 32.3 Å². The van der Waals surface area contributed by atoms with E-state index in [2.05, 4.69) is 62.4 Å². The lowest BCUT2D eigenvalue weighted by Crippen LogP contribution is -1.89. The Kier molecular flexibility index (Phi) is 2.70. The third-order valence-corrected chi connectivity index (χ3v) is 4.73. The summed E-state index contributed by atoms with van der Waals surface area (Å²) in [5, 5.41) is 8.59. The van der Waals surface area contributed by atoms with Crippen molar-refractivity contribution in [3.8, 4) is 0 Å². The van der Waals surface area contributed by atoms with Crippen molar-refractivity contribution in [1.82, 2.24) is 0 Å². The fourth-order valence-electron chi connectivity index (χ4n) is 3.43. The second-order valence-electron chi connectivity index (χ2n) is 5.65. The van der Waals surface area contributed by atoms with Gasteiger partial charge in [0.15, 0.2) is 0 Å². The Hall–Kier alpha value is -2.05. The largest absolute Gasteiger partial charge is 0.0843 e. The Bertz CT molecular complexity index is 1010. The summed E-state index contributed by atoms with van der Waals surface area (Å²) in [7, 11) is 0. The zero-order chi connectivity index (χ0) is 14.6. The monoisotopic (exact) mass is 290 g/mol. The molecule has 1 heteroatoms. The predicted molar refractivity (Wildman–Crippen MR) is 93.4 cm³/mol.